The molecular formula is C23H36. The molecule has 2 saturated carbocycles. The van der Waals surface area contributed by atoms with Crippen molar-refractivity contribution in [2.24, 2.45) is 23.7 Å². The fraction of sp³-hybridized carbons (Fsp3) is 0.739. The van der Waals surface area contributed by atoms with E-state index in [4.69, 9.17) is 0 Å². The van der Waals surface area contributed by atoms with Gasteiger partial charge in [-0.25, -0.2) is 0 Å². The summed E-state index contributed by atoms with van der Waals surface area (Å²) in [5, 5.41) is 0. The molecule has 2 fully saturated rings. The van der Waals surface area contributed by atoms with E-state index in [9.17, 15) is 0 Å². The summed E-state index contributed by atoms with van der Waals surface area (Å²) in [5.41, 5.74) is 1.55. The summed E-state index contributed by atoms with van der Waals surface area (Å²) >= 11 is 0. The third kappa shape index (κ3) is 4.40. The Kier molecular flexibility index (Phi) is 6.20. The van der Waals surface area contributed by atoms with Crippen molar-refractivity contribution >= 4 is 0 Å². The summed E-state index contributed by atoms with van der Waals surface area (Å²) in [6.45, 7) is 4.80. The first kappa shape index (κ1) is 17.1. The minimum atomic E-state index is 0.748. The summed E-state index contributed by atoms with van der Waals surface area (Å²) in [4.78, 5) is 0. The van der Waals surface area contributed by atoms with Crippen LogP contribution in [-0.2, 0) is 0 Å². The molecule has 0 spiro atoms. The molecule has 0 heterocycles. The van der Waals surface area contributed by atoms with E-state index in [0.717, 1.165) is 29.6 Å². The largest absolute Gasteiger partial charge is 0.0654 e. The van der Waals surface area contributed by atoms with E-state index in [0.29, 0.717) is 0 Å². The molecule has 1 atom stereocenters. The van der Waals surface area contributed by atoms with Crippen LogP contribution in [0.3, 0.4) is 0 Å². The van der Waals surface area contributed by atoms with Gasteiger partial charge < -0.3 is 0 Å². The fourth-order valence-corrected chi connectivity index (χ4v) is 5.50. The predicted molar refractivity (Wildman–Crippen MR) is 101 cm³/mol. The topological polar surface area (TPSA) is 0 Å². The Morgan fingerprint density at radius 3 is 1.96 bits per heavy atom. The van der Waals surface area contributed by atoms with Crippen molar-refractivity contribution in [1.82, 2.24) is 0 Å². The van der Waals surface area contributed by atoms with Gasteiger partial charge in [-0.05, 0) is 73.7 Å². The zero-order valence-corrected chi connectivity index (χ0v) is 15.3. The molecule has 0 bridgehead atoms. The maximum Gasteiger partial charge on any atom is -0.0162 e. The lowest BCUT2D eigenvalue weighted by Crippen LogP contribution is -2.27. The van der Waals surface area contributed by atoms with Gasteiger partial charge in [0.15, 0.2) is 0 Å². The van der Waals surface area contributed by atoms with Crippen LogP contribution >= 0.6 is 0 Å². The van der Waals surface area contributed by atoms with Gasteiger partial charge in [0.05, 0.1) is 0 Å². The molecule has 0 aromatic heterocycles. The lowest BCUT2D eigenvalue weighted by molar-refractivity contribution is 0.137. The molecule has 3 rings (SSSR count). The van der Waals surface area contributed by atoms with Gasteiger partial charge in [0.2, 0.25) is 0 Å². The molecule has 0 heteroatoms. The van der Waals surface area contributed by atoms with Gasteiger partial charge in [-0.2, -0.15) is 0 Å². The molecule has 1 unspecified atom stereocenters. The highest BCUT2D eigenvalue weighted by molar-refractivity contribution is 5.19. The lowest BCUT2D eigenvalue weighted by Gasteiger charge is -2.39. The predicted octanol–water partition coefficient (Wildman–Crippen LogP) is 7.20. The van der Waals surface area contributed by atoms with E-state index in [2.05, 4.69) is 44.2 Å². The normalized spacial score (nSPS) is 33.3. The number of hydrogen-bond donors (Lipinski definition) is 0. The molecule has 2 aliphatic rings. The quantitative estimate of drug-likeness (QED) is 0.539. The Morgan fingerprint density at radius 2 is 1.39 bits per heavy atom. The molecule has 1 aromatic rings. The monoisotopic (exact) mass is 312 g/mol. The molecule has 0 nitrogen and oxygen atoms in total. The first-order chi connectivity index (χ1) is 11.3. The minimum absolute atomic E-state index is 0.748. The molecular weight excluding hydrogens is 276 g/mol. The second-order valence-corrected chi connectivity index (χ2v) is 8.44. The Bertz CT molecular complexity index is 432. The molecule has 0 saturated heterocycles. The second-order valence-electron chi connectivity index (χ2n) is 8.44. The maximum absolute atomic E-state index is 2.45. The summed E-state index contributed by atoms with van der Waals surface area (Å²) < 4.78 is 0. The molecule has 1 aromatic carbocycles. The molecule has 128 valence electrons. The van der Waals surface area contributed by atoms with Crippen LogP contribution in [0.15, 0.2) is 30.3 Å². The van der Waals surface area contributed by atoms with E-state index in [1.54, 1.807) is 5.56 Å². The van der Waals surface area contributed by atoms with E-state index in [1.807, 2.05) is 0 Å². The third-order valence-corrected chi connectivity index (χ3v) is 7.10. The van der Waals surface area contributed by atoms with Crippen LogP contribution in [0, 0.1) is 23.7 Å². The van der Waals surface area contributed by atoms with Gasteiger partial charge in [0, 0.05) is 0 Å². The molecule has 0 amide bonds. The van der Waals surface area contributed by atoms with Crippen LogP contribution in [0.25, 0.3) is 0 Å². The standard InChI is InChI=1S/C23H36/c1-3-7-19-10-12-22(13-11-19)23-16-14-21(15-17-23)18(2)20-8-5-4-6-9-20/h4-6,8-9,18-19,21-23H,3,7,10-17H2,1-2H3. The summed E-state index contributed by atoms with van der Waals surface area (Å²) in [7, 11) is 0. The SMILES string of the molecule is CCCC1CCC(C2CCC(C(C)c3ccccc3)CC2)CC1. The van der Waals surface area contributed by atoms with Crippen molar-refractivity contribution in [2.75, 3.05) is 0 Å². The minimum Gasteiger partial charge on any atom is -0.0654 e. The molecule has 0 N–H and O–H groups in total. The maximum atomic E-state index is 2.45. The van der Waals surface area contributed by atoms with Crippen molar-refractivity contribution < 1.29 is 0 Å². The van der Waals surface area contributed by atoms with Crippen LogP contribution in [0.5, 0.6) is 0 Å². The van der Waals surface area contributed by atoms with Crippen molar-refractivity contribution in [3.8, 4) is 0 Å². The highest BCUT2D eigenvalue weighted by atomic mass is 14.4. The van der Waals surface area contributed by atoms with Crippen LogP contribution < -0.4 is 0 Å². The first-order valence-corrected chi connectivity index (χ1v) is 10.3. The molecule has 2 aliphatic carbocycles. The summed E-state index contributed by atoms with van der Waals surface area (Å²) in [6.07, 6.45) is 14.9. The van der Waals surface area contributed by atoms with Crippen molar-refractivity contribution in [2.45, 2.75) is 84.0 Å². The van der Waals surface area contributed by atoms with Gasteiger partial charge in [-0.15, -0.1) is 0 Å². The smallest absolute Gasteiger partial charge is 0.0162 e. The Balaban J connectivity index is 1.46. The van der Waals surface area contributed by atoms with Gasteiger partial charge in [0.1, 0.15) is 0 Å². The second kappa shape index (κ2) is 8.36. The van der Waals surface area contributed by atoms with E-state index in [-0.39, 0.29) is 0 Å². The van der Waals surface area contributed by atoms with Gasteiger partial charge >= 0.3 is 0 Å². The van der Waals surface area contributed by atoms with Crippen molar-refractivity contribution in [1.29, 1.82) is 0 Å². The van der Waals surface area contributed by atoms with Gasteiger partial charge in [-0.3, -0.25) is 0 Å². The van der Waals surface area contributed by atoms with E-state index in [1.165, 1.54) is 64.2 Å². The van der Waals surface area contributed by atoms with Crippen LogP contribution in [0.2, 0.25) is 0 Å². The van der Waals surface area contributed by atoms with Gasteiger partial charge in [-0.1, -0.05) is 69.9 Å². The number of rotatable bonds is 5. The Hall–Kier alpha value is -0.780. The van der Waals surface area contributed by atoms with Crippen molar-refractivity contribution in [3.05, 3.63) is 35.9 Å². The average Bonchev–Trinajstić information content (AvgIpc) is 2.63. The molecule has 0 radical (unpaired) electrons. The van der Waals surface area contributed by atoms with Crippen molar-refractivity contribution in [3.63, 3.8) is 0 Å². The average molecular weight is 313 g/mol. The third-order valence-electron chi connectivity index (χ3n) is 7.10. The first-order valence-electron chi connectivity index (χ1n) is 10.3. The van der Waals surface area contributed by atoms with Gasteiger partial charge in [0.25, 0.3) is 0 Å². The van der Waals surface area contributed by atoms with Crippen LogP contribution in [-0.4, -0.2) is 0 Å². The zero-order chi connectivity index (χ0) is 16.1. The highest BCUT2D eigenvalue weighted by Crippen LogP contribution is 2.45. The number of hydrogen-bond acceptors (Lipinski definition) is 0. The zero-order valence-electron chi connectivity index (χ0n) is 15.3. The van der Waals surface area contributed by atoms with Crippen LogP contribution in [0.1, 0.15) is 89.5 Å². The van der Waals surface area contributed by atoms with Crippen LogP contribution in [0.4, 0.5) is 0 Å². The summed E-state index contributed by atoms with van der Waals surface area (Å²) in [5.74, 6) is 4.85. The lowest BCUT2D eigenvalue weighted by atomic mass is 9.66. The molecule has 23 heavy (non-hydrogen) atoms. The Labute approximate surface area is 144 Å². The fourth-order valence-electron chi connectivity index (χ4n) is 5.50. The Morgan fingerprint density at radius 1 is 0.826 bits per heavy atom. The van der Waals surface area contributed by atoms with E-state index >= 15 is 0 Å². The highest BCUT2D eigenvalue weighted by Gasteiger charge is 2.32. The van der Waals surface area contributed by atoms with E-state index < -0.39 is 0 Å². The number of benzene rings is 1. The summed E-state index contributed by atoms with van der Waals surface area (Å²) in [6, 6.07) is 11.2. The molecule has 0 aliphatic heterocycles.